The maximum atomic E-state index is 13.7. The molecular weight excluding hydrogens is 421 g/mol. The van der Waals surface area contributed by atoms with Gasteiger partial charge in [-0.15, -0.1) is 0 Å². The highest BCUT2D eigenvalue weighted by molar-refractivity contribution is 5.81. The second-order valence-electron chi connectivity index (χ2n) is 8.07. The normalized spacial score (nSPS) is 16.2. The van der Waals surface area contributed by atoms with Gasteiger partial charge in [-0.2, -0.15) is 13.2 Å². The Morgan fingerprint density at radius 3 is 2.66 bits per heavy atom. The van der Waals surface area contributed by atoms with Gasteiger partial charge >= 0.3 is 6.18 Å². The standard InChI is InChI=1S/C23H25F3N4O2/c1-16(18-5-4-10-27-13-18)29(14-17-8-11-32-12-9-17)21(31)15-30-20-7-3-2-6-19(20)28-22(30)23(24,25)26/h2-7,10,13,16-17H,8-9,11-12,14-15H2,1H3/t16-/m1/s1. The lowest BCUT2D eigenvalue weighted by Crippen LogP contribution is -2.41. The quantitative estimate of drug-likeness (QED) is 0.561. The Morgan fingerprint density at radius 2 is 1.97 bits per heavy atom. The third-order valence-corrected chi connectivity index (χ3v) is 5.95. The first kappa shape index (κ1) is 22.3. The number of nitrogens with zero attached hydrogens (tertiary/aromatic N) is 4. The third kappa shape index (κ3) is 4.77. The van der Waals surface area contributed by atoms with Crippen LogP contribution in [0.4, 0.5) is 13.2 Å². The molecule has 9 heteroatoms. The zero-order valence-corrected chi connectivity index (χ0v) is 17.8. The Balaban J connectivity index is 1.67. The molecule has 1 atom stereocenters. The first-order chi connectivity index (χ1) is 15.3. The predicted molar refractivity (Wildman–Crippen MR) is 113 cm³/mol. The predicted octanol–water partition coefficient (Wildman–Crippen LogP) is 4.47. The van der Waals surface area contributed by atoms with Gasteiger partial charge in [-0.25, -0.2) is 4.98 Å². The lowest BCUT2D eigenvalue weighted by Gasteiger charge is -2.34. The molecule has 1 saturated heterocycles. The highest BCUT2D eigenvalue weighted by atomic mass is 19.4. The average molecular weight is 446 g/mol. The van der Waals surface area contributed by atoms with Crippen LogP contribution in [-0.2, 0) is 22.3 Å². The number of hydrogen-bond donors (Lipinski definition) is 0. The molecule has 0 N–H and O–H groups in total. The molecule has 0 unspecified atom stereocenters. The minimum absolute atomic E-state index is 0.212. The van der Waals surface area contributed by atoms with E-state index in [1.165, 1.54) is 6.07 Å². The summed E-state index contributed by atoms with van der Waals surface area (Å²) < 4.78 is 47.5. The molecule has 0 saturated carbocycles. The zero-order chi connectivity index (χ0) is 22.7. The Morgan fingerprint density at radius 1 is 1.22 bits per heavy atom. The van der Waals surface area contributed by atoms with Crippen LogP contribution in [0.5, 0.6) is 0 Å². The molecule has 1 fully saturated rings. The molecule has 32 heavy (non-hydrogen) atoms. The molecule has 3 heterocycles. The largest absolute Gasteiger partial charge is 0.449 e. The topological polar surface area (TPSA) is 60.3 Å². The van der Waals surface area contributed by atoms with Crippen molar-refractivity contribution in [3.05, 3.63) is 60.2 Å². The molecule has 6 nitrogen and oxygen atoms in total. The minimum Gasteiger partial charge on any atom is -0.381 e. The molecule has 0 radical (unpaired) electrons. The van der Waals surface area contributed by atoms with Crippen molar-refractivity contribution >= 4 is 16.9 Å². The van der Waals surface area contributed by atoms with Crippen molar-refractivity contribution in [2.45, 2.75) is 38.5 Å². The molecule has 1 aliphatic rings. The van der Waals surface area contributed by atoms with Gasteiger partial charge in [-0.1, -0.05) is 18.2 Å². The van der Waals surface area contributed by atoms with Crippen LogP contribution < -0.4 is 0 Å². The summed E-state index contributed by atoms with van der Waals surface area (Å²) >= 11 is 0. The number of benzene rings is 1. The van der Waals surface area contributed by atoms with Gasteiger partial charge in [0.2, 0.25) is 11.7 Å². The molecule has 0 bridgehead atoms. The summed E-state index contributed by atoms with van der Waals surface area (Å²) in [4.78, 5) is 23.0. The number of halogens is 3. The van der Waals surface area contributed by atoms with Gasteiger partial charge in [-0.3, -0.25) is 9.78 Å². The van der Waals surface area contributed by atoms with Crippen LogP contribution in [0.3, 0.4) is 0 Å². The van der Waals surface area contributed by atoms with Crippen LogP contribution >= 0.6 is 0 Å². The fourth-order valence-electron chi connectivity index (χ4n) is 4.16. The molecule has 1 amide bonds. The van der Waals surface area contributed by atoms with E-state index >= 15 is 0 Å². The fourth-order valence-corrected chi connectivity index (χ4v) is 4.16. The van der Waals surface area contributed by atoms with E-state index in [0.717, 1.165) is 23.0 Å². The second kappa shape index (κ2) is 9.28. The zero-order valence-electron chi connectivity index (χ0n) is 17.8. The molecule has 1 aliphatic heterocycles. The van der Waals surface area contributed by atoms with Crippen molar-refractivity contribution in [1.29, 1.82) is 0 Å². The molecule has 2 aromatic heterocycles. The number of ether oxygens (including phenoxy) is 1. The number of alkyl halides is 3. The van der Waals surface area contributed by atoms with E-state index in [9.17, 15) is 18.0 Å². The summed E-state index contributed by atoms with van der Waals surface area (Å²) in [5, 5.41) is 0. The smallest absolute Gasteiger partial charge is 0.381 e. The number of rotatable bonds is 6. The van der Waals surface area contributed by atoms with E-state index in [-0.39, 0.29) is 28.9 Å². The van der Waals surface area contributed by atoms with Gasteiger partial charge in [0.1, 0.15) is 6.54 Å². The van der Waals surface area contributed by atoms with E-state index in [0.29, 0.717) is 19.8 Å². The number of carbonyl (C=O) groups is 1. The average Bonchev–Trinajstić information content (AvgIpc) is 3.17. The first-order valence-electron chi connectivity index (χ1n) is 10.6. The van der Waals surface area contributed by atoms with Crippen molar-refractivity contribution in [1.82, 2.24) is 19.4 Å². The van der Waals surface area contributed by atoms with Crippen molar-refractivity contribution in [2.75, 3.05) is 19.8 Å². The number of aromatic nitrogens is 3. The van der Waals surface area contributed by atoms with E-state index in [1.807, 2.05) is 13.0 Å². The van der Waals surface area contributed by atoms with Crippen LogP contribution in [0.25, 0.3) is 11.0 Å². The van der Waals surface area contributed by atoms with Crippen molar-refractivity contribution in [3.8, 4) is 0 Å². The number of amides is 1. The Bertz CT molecular complexity index is 1060. The molecular formula is C23H25F3N4O2. The lowest BCUT2D eigenvalue weighted by molar-refractivity contribution is -0.148. The minimum atomic E-state index is -4.67. The monoisotopic (exact) mass is 446 g/mol. The number of imidazole rings is 1. The van der Waals surface area contributed by atoms with Crippen LogP contribution in [0, 0.1) is 5.92 Å². The summed E-state index contributed by atoms with van der Waals surface area (Å²) in [7, 11) is 0. The number of hydrogen-bond acceptors (Lipinski definition) is 4. The number of pyridine rings is 1. The van der Waals surface area contributed by atoms with Crippen LogP contribution in [-0.4, -0.2) is 45.1 Å². The summed E-state index contributed by atoms with van der Waals surface area (Å²) in [6.07, 6.45) is 0.285. The number of fused-ring (bicyclic) bond motifs is 1. The maximum Gasteiger partial charge on any atom is 0.449 e. The lowest BCUT2D eigenvalue weighted by atomic mass is 9.98. The molecule has 170 valence electrons. The molecule has 0 aliphatic carbocycles. The SMILES string of the molecule is C[C@H](c1cccnc1)N(CC1CCOCC1)C(=O)Cn1c(C(F)(F)F)nc2ccccc21. The number of para-hydroxylation sites is 2. The van der Waals surface area contributed by atoms with Crippen LogP contribution in [0.2, 0.25) is 0 Å². The van der Waals surface area contributed by atoms with E-state index in [4.69, 9.17) is 4.74 Å². The highest BCUT2D eigenvalue weighted by Gasteiger charge is 2.38. The molecule has 1 aromatic carbocycles. The summed E-state index contributed by atoms with van der Waals surface area (Å²) in [6, 6.07) is 9.67. The maximum absolute atomic E-state index is 13.7. The van der Waals surface area contributed by atoms with Gasteiger partial charge in [0.25, 0.3) is 0 Å². The van der Waals surface area contributed by atoms with Gasteiger partial charge in [-0.05, 0) is 49.4 Å². The van der Waals surface area contributed by atoms with Gasteiger partial charge in [0.05, 0.1) is 17.1 Å². The summed E-state index contributed by atoms with van der Waals surface area (Å²) in [5.41, 5.74) is 1.33. The Kier molecular flexibility index (Phi) is 6.45. The van der Waals surface area contributed by atoms with Gasteiger partial charge in [0, 0.05) is 32.2 Å². The van der Waals surface area contributed by atoms with E-state index in [2.05, 4.69) is 9.97 Å². The molecule has 4 rings (SSSR count). The number of carbonyl (C=O) groups excluding carboxylic acids is 1. The van der Waals surface area contributed by atoms with Crippen LogP contribution in [0.15, 0.2) is 48.8 Å². The first-order valence-corrected chi connectivity index (χ1v) is 10.6. The summed E-state index contributed by atoms with van der Waals surface area (Å²) in [5.74, 6) is -1.22. The van der Waals surface area contributed by atoms with Crippen molar-refractivity contribution in [3.63, 3.8) is 0 Å². The summed E-state index contributed by atoms with van der Waals surface area (Å²) in [6.45, 7) is 3.14. The van der Waals surface area contributed by atoms with Crippen molar-refractivity contribution in [2.24, 2.45) is 5.92 Å². The second-order valence-corrected chi connectivity index (χ2v) is 8.07. The Hall–Kier alpha value is -2.94. The molecule has 3 aromatic rings. The van der Waals surface area contributed by atoms with E-state index in [1.54, 1.807) is 41.6 Å². The third-order valence-electron chi connectivity index (χ3n) is 5.95. The van der Waals surface area contributed by atoms with Gasteiger partial charge < -0.3 is 14.2 Å². The highest BCUT2D eigenvalue weighted by Crippen LogP contribution is 2.32. The van der Waals surface area contributed by atoms with E-state index < -0.39 is 18.5 Å². The van der Waals surface area contributed by atoms with Gasteiger partial charge in [0.15, 0.2) is 0 Å². The fraction of sp³-hybridized carbons (Fsp3) is 0.435. The van der Waals surface area contributed by atoms with Crippen LogP contribution in [0.1, 0.15) is 37.2 Å². The Labute approximate surface area is 184 Å². The van der Waals surface area contributed by atoms with Crippen molar-refractivity contribution < 1.29 is 22.7 Å². The molecule has 0 spiro atoms.